The van der Waals surface area contributed by atoms with Crippen LogP contribution >= 0.6 is 23.2 Å². The average molecular weight is 448 g/mol. The minimum absolute atomic E-state index is 0.0308. The summed E-state index contributed by atoms with van der Waals surface area (Å²) in [5.74, 6) is -0.135. The fourth-order valence-electron chi connectivity index (χ4n) is 5.10. The van der Waals surface area contributed by atoms with Crippen molar-refractivity contribution in [3.05, 3.63) is 0 Å². The van der Waals surface area contributed by atoms with Gasteiger partial charge in [0.05, 0.1) is 17.9 Å². The highest BCUT2D eigenvalue weighted by Crippen LogP contribution is 2.34. The Kier molecular flexibility index (Phi) is 8.94. The van der Waals surface area contributed by atoms with Crippen molar-refractivity contribution in [3.63, 3.8) is 0 Å². The average Bonchev–Trinajstić information content (AvgIpc) is 2.72. The molecule has 3 atom stereocenters. The summed E-state index contributed by atoms with van der Waals surface area (Å²) in [4.78, 5) is 24.0. The maximum absolute atomic E-state index is 12.9. The quantitative estimate of drug-likeness (QED) is 0.559. The van der Waals surface area contributed by atoms with Crippen molar-refractivity contribution in [2.75, 3.05) is 13.2 Å². The van der Waals surface area contributed by atoms with E-state index in [0.29, 0.717) is 49.6 Å². The van der Waals surface area contributed by atoms with E-state index in [1.807, 2.05) is 0 Å². The SMILES string of the molecule is O=C(O)C1CCC(CNC(=O)C2CC(Cl)CCC2OCC2CCC(Cl)CC2)CC1. The summed E-state index contributed by atoms with van der Waals surface area (Å²) in [6.45, 7) is 1.34. The highest BCUT2D eigenvalue weighted by Gasteiger charge is 2.36. The standard InChI is InChI=1S/C22H35Cl2NO4/c23-17-7-3-15(4-8-17)13-29-20-10-9-18(24)11-19(20)21(26)25-12-14-1-5-16(6-2-14)22(27)28/h14-20H,1-13H2,(H,25,26)(H,27,28). The molecule has 0 bridgehead atoms. The Labute approximate surface area is 184 Å². The first kappa shape index (κ1) is 23.1. The summed E-state index contributed by atoms with van der Waals surface area (Å²) >= 11 is 12.6. The first-order valence-electron chi connectivity index (χ1n) is 11.3. The molecule has 166 valence electrons. The van der Waals surface area contributed by atoms with Crippen LogP contribution in [-0.4, -0.2) is 47.0 Å². The van der Waals surface area contributed by atoms with Crippen LogP contribution in [0.15, 0.2) is 0 Å². The van der Waals surface area contributed by atoms with Crippen LogP contribution in [-0.2, 0) is 14.3 Å². The van der Waals surface area contributed by atoms with Gasteiger partial charge in [-0.05, 0) is 82.5 Å². The predicted octanol–water partition coefficient (Wildman–Crippen LogP) is 4.58. The molecule has 0 radical (unpaired) electrons. The van der Waals surface area contributed by atoms with Crippen molar-refractivity contribution in [2.24, 2.45) is 23.7 Å². The van der Waals surface area contributed by atoms with E-state index in [4.69, 9.17) is 33.0 Å². The normalized spacial score (nSPS) is 38.3. The second-order valence-electron chi connectivity index (χ2n) is 9.31. The zero-order chi connectivity index (χ0) is 20.8. The highest BCUT2D eigenvalue weighted by molar-refractivity contribution is 6.21. The first-order valence-corrected chi connectivity index (χ1v) is 12.2. The van der Waals surface area contributed by atoms with E-state index >= 15 is 0 Å². The third-order valence-electron chi connectivity index (χ3n) is 7.14. The van der Waals surface area contributed by atoms with Crippen LogP contribution in [0.4, 0.5) is 0 Å². The number of ether oxygens (including phenoxy) is 1. The van der Waals surface area contributed by atoms with Gasteiger partial charge in [0.1, 0.15) is 0 Å². The number of carbonyl (C=O) groups is 2. The predicted molar refractivity (Wildman–Crippen MR) is 114 cm³/mol. The fraction of sp³-hybridized carbons (Fsp3) is 0.909. The molecule has 3 saturated carbocycles. The van der Waals surface area contributed by atoms with Gasteiger partial charge < -0.3 is 15.2 Å². The number of carboxylic acid groups (broad SMARTS) is 1. The van der Waals surface area contributed by atoms with Crippen molar-refractivity contribution in [2.45, 2.75) is 87.5 Å². The molecule has 0 aromatic carbocycles. The minimum Gasteiger partial charge on any atom is -0.481 e. The maximum atomic E-state index is 12.9. The number of hydrogen-bond donors (Lipinski definition) is 2. The molecule has 3 unspecified atom stereocenters. The number of carboxylic acids is 1. The molecule has 0 aliphatic heterocycles. The van der Waals surface area contributed by atoms with Crippen molar-refractivity contribution in [1.29, 1.82) is 0 Å². The molecule has 0 spiro atoms. The van der Waals surface area contributed by atoms with Gasteiger partial charge in [-0.3, -0.25) is 9.59 Å². The third kappa shape index (κ3) is 7.00. The number of carbonyl (C=O) groups excluding carboxylic acids is 1. The van der Waals surface area contributed by atoms with Gasteiger partial charge in [-0.2, -0.15) is 0 Å². The first-order chi connectivity index (χ1) is 13.9. The largest absolute Gasteiger partial charge is 0.481 e. The second kappa shape index (κ2) is 11.2. The molecule has 7 heteroatoms. The number of hydrogen-bond acceptors (Lipinski definition) is 3. The molecule has 2 N–H and O–H groups in total. The van der Waals surface area contributed by atoms with Gasteiger partial charge in [-0.25, -0.2) is 0 Å². The second-order valence-corrected chi connectivity index (χ2v) is 10.5. The Morgan fingerprint density at radius 2 is 1.48 bits per heavy atom. The van der Waals surface area contributed by atoms with Gasteiger partial charge in [0, 0.05) is 23.9 Å². The number of aliphatic carboxylic acids is 1. The number of nitrogens with one attached hydrogen (secondary N) is 1. The molecule has 3 aliphatic carbocycles. The van der Waals surface area contributed by atoms with Crippen molar-refractivity contribution < 1.29 is 19.4 Å². The number of alkyl halides is 2. The van der Waals surface area contributed by atoms with Crippen molar-refractivity contribution >= 4 is 35.1 Å². The van der Waals surface area contributed by atoms with Gasteiger partial charge in [0.15, 0.2) is 0 Å². The number of halogens is 2. The Bertz CT molecular complexity index is 545. The summed E-state index contributed by atoms with van der Waals surface area (Å²) in [6.07, 6.45) is 9.80. The highest BCUT2D eigenvalue weighted by atomic mass is 35.5. The van der Waals surface area contributed by atoms with E-state index in [2.05, 4.69) is 5.32 Å². The number of rotatable bonds is 7. The van der Waals surface area contributed by atoms with Gasteiger partial charge >= 0.3 is 5.97 Å². The molecule has 0 aromatic heterocycles. The van der Waals surface area contributed by atoms with Gasteiger partial charge in [0.25, 0.3) is 0 Å². The molecule has 29 heavy (non-hydrogen) atoms. The monoisotopic (exact) mass is 447 g/mol. The molecule has 3 aliphatic rings. The van der Waals surface area contributed by atoms with E-state index in [1.165, 1.54) is 0 Å². The molecule has 5 nitrogen and oxygen atoms in total. The van der Waals surface area contributed by atoms with Crippen LogP contribution in [0.3, 0.4) is 0 Å². The van der Waals surface area contributed by atoms with Gasteiger partial charge in [0.2, 0.25) is 5.91 Å². The maximum Gasteiger partial charge on any atom is 0.306 e. The summed E-state index contributed by atoms with van der Waals surface area (Å²) in [5.41, 5.74) is 0. The lowest BCUT2D eigenvalue weighted by Gasteiger charge is -2.35. The van der Waals surface area contributed by atoms with Gasteiger partial charge in [-0.15, -0.1) is 23.2 Å². The Hall–Kier alpha value is -0.520. The Morgan fingerprint density at radius 3 is 2.14 bits per heavy atom. The van der Waals surface area contributed by atoms with Crippen LogP contribution in [0.5, 0.6) is 0 Å². The molecule has 3 fully saturated rings. The summed E-state index contributed by atoms with van der Waals surface area (Å²) in [6, 6.07) is 0. The van der Waals surface area contributed by atoms with Crippen molar-refractivity contribution in [1.82, 2.24) is 5.32 Å². The lowest BCUT2D eigenvalue weighted by Crippen LogP contribution is -2.45. The van der Waals surface area contributed by atoms with Crippen LogP contribution < -0.4 is 5.32 Å². The van der Waals surface area contributed by atoms with Crippen LogP contribution in [0.1, 0.15) is 70.6 Å². The summed E-state index contributed by atoms with van der Waals surface area (Å²) in [7, 11) is 0. The molecule has 1 amide bonds. The van der Waals surface area contributed by atoms with E-state index in [0.717, 1.165) is 51.4 Å². The molecular formula is C22H35Cl2NO4. The summed E-state index contributed by atoms with van der Waals surface area (Å²) < 4.78 is 6.24. The third-order valence-corrected chi connectivity index (χ3v) is 7.98. The fourth-order valence-corrected chi connectivity index (χ4v) is 5.67. The Morgan fingerprint density at radius 1 is 0.862 bits per heavy atom. The molecular weight excluding hydrogens is 413 g/mol. The van der Waals surface area contributed by atoms with Gasteiger partial charge in [-0.1, -0.05) is 0 Å². The molecule has 0 aromatic rings. The molecule has 3 rings (SSSR count). The van der Waals surface area contributed by atoms with Crippen LogP contribution in [0.25, 0.3) is 0 Å². The lowest BCUT2D eigenvalue weighted by atomic mass is 9.81. The Balaban J connectivity index is 1.44. The molecule has 0 saturated heterocycles. The lowest BCUT2D eigenvalue weighted by molar-refractivity contribution is -0.143. The van der Waals surface area contributed by atoms with Crippen molar-refractivity contribution in [3.8, 4) is 0 Å². The minimum atomic E-state index is -0.692. The van der Waals surface area contributed by atoms with E-state index in [1.54, 1.807) is 0 Å². The van der Waals surface area contributed by atoms with Crippen LogP contribution in [0.2, 0.25) is 0 Å². The zero-order valence-electron chi connectivity index (χ0n) is 17.2. The summed E-state index contributed by atoms with van der Waals surface area (Å²) in [5, 5.41) is 12.6. The van der Waals surface area contributed by atoms with E-state index < -0.39 is 5.97 Å². The van der Waals surface area contributed by atoms with Crippen LogP contribution in [0, 0.1) is 23.7 Å². The molecule has 0 heterocycles. The van der Waals surface area contributed by atoms with E-state index in [-0.39, 0.29) is 29.2 Å². The smallest absolute Gasteiger partial charge is 0.306 e. The van der Waals surface area contributed by atoms with E-state index in [9.17, 15) is 9.59 Å². The topological polar surface area (TPSA) is 75.6 Å². The number of amides is 1. The zero-order valence-corrected chi connectivity index (χ0v) is 18.7.